The largest absolute Gasteiger partial charge is 0.306 e. The number of nitrogens with zero attached hydrogens (tertiary/aromatic N) is 1. The molecule has 1 atom stereocenters. The van der Waals surface area contributed by atoms with E-state index < -0.39 is 23.5 Å². The molecule has 6 heteroatoms. The van der Waals surface area contributed by atoms with Crippen molar-refractivity contribution < 1.29 is 13.2 Å². The molecule has 0 saturated carbocycles. The number of hydrogen-bond donors (Lipinski definition) is 1. The summed E-state index contributed by atoms with van der Waals surface area (Å²) in [5.74, 6) is -3.91. The summed E-state index contributed by atoms with van der Waals surface area (Å²) in [6.45, 7) is 2.52. The fourth-order valence-electron chi connectivity index (χ4n) is 2.06. The van der Waals surface area contributed by atoms with Gasteiger partial charge in [-0.2, -0.15) is 0 Å². The molecule has 1 aromatic heterocycles. The first-order valence-electron chi connectivity index (χ1n) is 6.52. The molecule has 0 aliphatic rings. The minimum Gasteiger partial charge on any atom is -0.306 e. The van der Waals surface area contributed by atoms with Crippen LogP contribution in [0.2, 0.25) is 5.02 Å². The van der Waals surface area contributed by atoms with Gasteiger partial charge in [-0.1, -0.05) is 24.6 Å². The van der Waals surface area contributed by atoms with Gasteiger partial charge in [-0.3, -0.25) is 4.98 Å². The van der Waals surface area contributed by atoms with Crippen LogP contribution in [-0.2, 0) is 0 Å². The zero-order chi connectivity index (χ0) is 15.4. The zero-order valence-corrected chi connectivity index (χ0v) is 12.1. The first kappa shape index (κ1) is 15.8. The molecule has 21 heavy (non-hydrogen) atoms. The minimum atomic E-state index is -1.49. The van der Waals surface area contributed by atoms with E-state index >= 15 is 0 Å². The second-order valence-electron chi connectivity index (χ2n) is 4.55. The van der Waals surface area contributed by atoms with Crippen LogP contribution in [0.5, 0.6) is 0 Å². The molecule has 0 aliphatic heterocycles. The van der Waals surface area contributed by atoms with Crippen LogP contribution in [0.25, 0.3) is 0 Å². The summed E-state index contributed by atoms with van der Waals surface area (Å²) in [5, 5.41) is 3.42. The molecule has 0 aliphatic carbocycles. The summed E-state index contributed by atoms with van der Waals surface area (Å²) >= 11 is 6.08. The first-order chi connectivity index (χ1) is 10.1. The summed E-state index contributed by atoms with van der Waals surface area (Å²) in [5.41, 5.74) is 0.570. The number of aromatic nitrogens is 1. The number of hydrogen-bond acceptors (Lipinski definition) is 2. The van der Waals surface area contributed by atoms with Gasteiger partial charge in [0, 0.05) is 18.0 Å². The summed E-state index contributed by atoms with van der Waals surface area (Å²) in [4.78, 5) is 3.87. The van der Waals surface area contributed by atoms with Gasteiger partial charge in [-0.15, -0.1) is 0 Å². The normalized spacial score (nSPS) is 12.4. The highest BCUT2D eigenvalue weighted by atomic mass is 35.5. The molecule has 0 saturated heterocycles. The van der Waals surface area contributed by atoms with Crippen LogP contribution in [0.3, 0.4) is 0 Å². The maximum absolute atomic E-state index is 14.0. The third kappa shape index (κ3) is 3.36. The van der Waals surface area contributed by atoms with Gasteiger partial charge in [0.1, 0.15) is 0 Å². The molecule has 1 unspecified atom stereocenters. The third-order valence-corrected chi connectivity index (χ3v) is 3.41. The Morgan fingerprint density at radius 2 is 1.90 bits per heavy atom. The molecule has 1 aromatic carbocycles. The van der Waals surface area contributed by atoms with Gasteiger partial charge in [-0.05, 0) is 30.7 Å². The van der Waals surface area contributed by atoms with Crippen LogP contribution in [0.15, 0.2) is 30.6 Å². The second-order valence-corrected chi connectivity index (χ2v) is 4.96. The molecule has 0 bridgehead atoms. The van der Waals surface area contributed by atoms with Gasteiger partial charge < -0.3 is 5.32 Å². The Morgan fingerprint density at radius 1 is 1.14 bits per heavy atom. The third-order valence-electron chi connectivity index (χ3n) is 3.09. The van der Waals surface area contributed by atoms with Crippen molar-refractivity contribution in [3.8, 4) is 0 Å². The Kier molecular flexibility index (Phi) is 5.20. The van der Waals surface area contributed by atoms with Gasteiger partial charge in [0.15, 0.2) is 17.5 Å². The van der Waals surface area contributed by atoms with Crippen molar-refractivity contribution in [1.82, 2.24) is 10.3 Å². The van der Waals surface area contributed by atoms with Crippen molar-refractivity contribution in [2.24, 2.45) is 0 Å². The van der Waals surface area contributed by atoms with Gasteiger partial charge in [0.2, 0.25) is 0 Å². The Hall–Kier alpha value is -1.59. The highest BCUT2D eigenvalue weighted by Crippen LogP contribution is 2.30. The number of rotatable bonds is 5. The second kappa shape index (κ2) is 6.91. The van der Waals surface area contributed by atoms with Gasteiger partial charge in [0.25, 0.3) is 0 Å². The molecule has 112 valence electrons. The standard InChI is InChI=1S/C15H14ClF3N2/c1-2-6-21-15(9-5-7-20-8-11(9)16)10-3-4-12(17)14(19)13(10)18/h3-5,7-8,15,21H,2,6H2,1H3. The molecule has 1 N–H and O–H groups in total. The lowest BCUT2D eigenvalue weighted by molar-refractivity contribution is 0.432. The van der Waals surface area contributed by atoms with Crippen molar-refractivity contribution in [3.05, 3.63) is 64.2 Å². The summed E-state index contributed by atoms with van der Waals surface area (Å²) in [6.07, 6.45) is 3.74. The van der Waals surface area contributed by atoms with Crippen LogP contribution < -0.4 is 5.32 Å². The highest BCUT2D eigenvalue weighted by molar-refractivity contribution is 6.31. The molecule has 0 amide bonds. The van der Waals surface area contributed by atoms with E-state index in [-0.39, 0.29) is 5.56 Å². The van der Waals surface area contributed by atoms with E-state index in [0.29, 0.717) is 17.1 Å². The number of pyridine rings is 1. The zero-order valence-electron chi connectivity index (χ0n) is 11.3. The summed E-state index contributed by atoms with van der Waals surface area (Å²) in [6, 6.07) is 3.08. The molecule has 1 heterocycles. The van der Waals surface area contributed by atoms with Crippen molar-refractivity contribution in [2.75, 3.05) is 6.54 Å². The number of benzene rings is 1. The topological polar surface area (TPSA) is 24.9 Å². The number of halogens is 4. The average molecular weight is 315 g/mol. The van der Waals surface area contributed by atoms with Crippen LogP contribution >= 0.6 is 11.6 Å². The van der Waals surface area contributed by atoms with E-state index in [0.717, 1.165) is 12.5 Å². The van der Waals surface area contributed by atoms with Crippen molar-refractivity contribution in [2.45, 2.75) is 19.4 Å². The molecular weight excluding hydrogens is 301 g/mol. The van der Waals surface area contributed by atoms with Crippen LogP contribution in [0.1, 0.15) is 30.5 Å². The lowest BCUT2D eigenvalue weighted by atomic mass is 9.98. The molecule has 2 rings (SSSR count). The molecule has 2 aromatic rings. The maximum Gasteiger partial charge on any atom is 0.194 e. The SMILES string of the molecule is CCCNC(c1ccncc1Cl)c1ccc(F)c(F)c1F. The molecule has 0 fully saturated rings. The lowest BCUT2D eigenvalue weighted by Gasteiger charge is -2.21. The fraction of sp³-hybridized carbons (Fsp3) is 0.267. The van der Waals surface area contributed by atoms with E-state index in [2.05, 4.69) is 10.3 Å². The molecule has 2 nitrogen and oxygen atoms in total. The Morgan fingerprint density at radius 3 is 2.57 bits per heavy atom. The number of nitrogens with one attached hydrogen (secondary N) is 1. The first-order valence-corrected chi connectivity index (χ1v) is 6.90. The van der Waals surface area contributed by atoms with E-state index in [1.165, 1.54) is 18.5 Å². The van der Waals surface area contributed by atoms with E-state index in [1.807, 2.05) is 6.92 Å². The average Bonchev–Trinajstić information content (AvgIpc) is 2.48. The van der Waals surface area contributed by atoms with Gasteiger partial charge >= 0.3 is 0 Å². The predicted molar refractivity (Wildman–Crippen MR) is 75.7 cm³/mol. The highest BCUT2D eigenvalue weighted by Gasteiger charge is 2.23. The lowest BCUT2D eigenvalue weighted by Crippen LogP contribution is -2.25. The molecular formula is C15H14ClF3N2. The van der Waals surface area contributed by atoms with Crippen LogP contribution in [-0.4, -0.2) is 11.5 Å². The monoisotopic (exact) mass is 314 g/mol. The summed E-state index contributed by atoms with van der Waals surface area (Å²) < 4.78 is 40.6. The Bertz CT molecular complexity index is 634. The molecule has 0 spiro atoms. The van der Waals surface area contributed by atoms with E-state index in [4.69, 9.17) is 11.6 Å². The van der Waals surface area contributed by atoms with E-state index in [9.17, 15) is 13.2 Å². The minimum absolute atomic E-state index is 0.00968. The smallest absolute Gasteiger partial charge is 0.194 e. The van der Waals surface area contributed by atoms with Crippen LogP contribution in [0, 0.1) is 17.5 Å². The Labute approximate surface area is 126 Å². The van der Waals surface area contributed by atoms with Crippen LogP contribution in [0.4, 0.5) is 13.2 Å². The Balaban J connectivity index is 2.51. The predicted octanol–water partition coefficient (Wildman–Crippen LogP) is 4.24. The van der Waals surface area contributed by atoms with Crippen molar-refractivity contribution in [1.29, 1.82) is 0 Å². The van der Waals surface area contributed by atoms with E-state index in [1.54, 1.807) is 6.07 Å². The van der Waals surface area contributed by atoms with Gasteiger partial charge in [-0.25, -0.2) is 13.2 Å². The van der Waals surface area contributed by atoms with Crippen molar-refractivity contribution >= 4 is 11.6 Å². The summed E-state index contributed by atoms with van der Waals surface area (Å²) in [7, 11) is 0. The fourth-order valence-corrected chi connectivity index (χ4v) is 2.29. The quantitative estimate of drug-likeness (QED) is 0.835. The van der Waals surface area contributed by atoms with Gasteiger partial charge in [0.05, 0.1) is 11.1 Å². The molecule has 0 radical (unpaired) electrons. The van der Waals surface area contributed by atoms with Crippen molar-refractivity contribution in [3.63, 3.8) is 0 Å². The maximum atomic E-state index is 14.0.